The van der Waals surface area contributed by atoms with E-state index < -0.39 is 11.8 Å². The average molecular weight is 376 g/mol. The van der Waals surface area contributed by atoms with Crippen LogP contribution in [0.25, 0.3) is 0 Å². The highest BCUT2D eigenvalue weighted by molar-refractivity contribution is 7.80. The Morgan fingerprint density at radius 2 is 1.77 bits per heavy atom. The number of primary amides is 1. The van der Waals surface area contributed by atoms with Crippen molar-refractivity contribution in [1.82, 2.24) is 16.2 Å². The van der Waals surface area contributed by atoms with Crippen LogP contribution in [-0.4, -0.2) is 23.5 Å². The van der Waals surface area contributed by atoms with Gasteiger partial charge in [-0.1, -0.05) is 24.3 Å². The zero-order chi connectivity index (χ0) is 18.9. The van der Waals surface area contributed by atoms with Crippen LogP contribution >= 0.6 is 12.2 Å². The van der Waals surface area contributed by atoms with Crippen molar-refractivity contribution >= 4 is 29.1 Å². The smallest absolute Gasteiger partial charge is 0.276 e. The molecule has 2 aromatic carbocycles. The third-order valence-electron chi connectivity index (χ3n) is 3.19. The lowest BCUT2D eigenvalue weighted by molar-refractivity contribution is -0.123. The Bertz CT molecular complexity index is 799. The second-order valence-corrected chi connectivity index (χ2v) is 5.54. The number of nitrogens with one attached hydrogen (secondary N) is 3. The molecular weight excluding hydrogens is 359 g/mol. The van der Waals surface area contributed by atoms with E-state index in [0.29, 0.717) is 6.54 Å². The van der Waals surface area contributed by atoms with Gasteiger partial charge in [0.15, 0.2) is 11.7 Å². The van der Waals surface area contributed by atoms with Crippen LogP contribution in [0, 0.1) is 5.82 Å². The van der Waals surface area contributed by atoms with Crippen molar-refractivity contribution in [2.45, 2.75) is 6.54 Å². The molecule has 2 amide bonds. The highest BCUT2D eigenvalue weighted by Crippen LogP contribution is 2.16. The maximum atomic E-state index is 12.8. The average Bonchev–Trinajstić information content (AvgIpc) is 2.64. The monoisotopic (exact) mass is 376 g/mol. The number of para-hydroxylation sites is 1. The first-order valence-corrected chi connectivity index (χ1v) is 7.95. The molecule has 7 nitrogen and oxygen atoms in total. The topological polar surface area (TPSA) is 105 Å². The van der Waals surface area contributed by atoms with Gasteiger partial charge in [-0.2, -0.15) is 0 Å². The lowest BCUT2D eigenvalue weighted by Gasteiger charge is -2.13. The van der Waals surface area contributed by atoms with E-state index in [1.807, 2.05) is 0 Å². The van der Waals surface area contributed by atoms with Gasteiger partial charge in [0.1, 0.15) is 11.6 Å². The summed E-state index contributed by atoms with van der Waals surface area (Å²) in [6.07, 6.45) is 0. The van der Waals surface area contributed by atoms with E-state index in [1.54, 1.807) is 24.3 Å². The summed E-state index contributed by atoms with van der Waals surface area (Å²) in [6, 6.07) is 12.3. The van der Waals surface area contributed by atoms with Gasteiger partial charge in [0.2, 0.25) is 0 Å². The molecule has 0 radical (unpaired) electrons. The number of hydrogen-bond donors (Lipinski definition) is 4. The highest BCUT2D eigenvalue weighted by Gasteiger charge is 2.10. The Kier molecular flexibility index (Phi) is 6.86. The van der Waals surface area contributed by atoms with Gasteiger partial charge in [0.05, 0.1) is 5.56 Å². The van der Waals surface area contributed by atoms with E-state index in [1.165, 1.54) is 24.3 Å². The largest absolute Gasteiger partial charge is 0.483 e. The molecule has 5 N–H and O–H groups in total. The number of halogens is 1. The summed E-state index contributed by atoms with van der Waals surface area (Å²) in [7, 11) is 0. The summed E-state index contributed by atoms with van der Waals surface area (Å²) < 4.78 is 18.1. The summed E-state index contributed by atoms with van der Waals surface area (Å²) in [5.41, 5.74) is 11.1. The minimum Gasteiger partial charge on any atom is -0.483 e. The normalized spacial score (nSPS) is 9.88. The molecule has 0 saturated heterocycles. The van der Waals surface area contributed by atoms with Crippen LogP contribution in [0.1, 0.15) is 15.9 Å². The van der Waals surface area contributed by atoms with Crippen LogP contribution in [0.3, 0.4) is 0 Å². The minimum absolute atomic E-state index is 0.181. The first kappa shape index (κ1) is 19.1. The minimum atomic E-state index is -0.648. The van der Waals surface area contributed by atoms with Crippen molar-refractivity contribution < 1.29 is 18.7 Å². The summed E-state index contributed by atoms with van der Waals surface area (Å²) in [5.74, 6) is -1.26. The van der Waals surface area contributed by atoms with Crippen LogP contribution < -0.4 is 26.6 Å². The third kappa shape index (κ3) is 6.02. The molecule has 0 aromatic heterocycles. The second kappa shape index (κ2) is 9.33. The number of nitrogens with two attached hydrogens (primary N) is 1. The van der Waals surface area contributed by atoms with E-state index >= 15 is 0 Å². The van der Waals surface area contributed by atoms with Crippen molar-refractivity contribution in [2.24, 2.45) is 5.73 Å². The molecule has 0 spiro atoms. The van der Waals surface area contributed by atoms with Gasteiger partial charge in [0.25, 0.3) is 11.8 Å². The molecule has 0 aliphatic rings. The van der Waals surface area contributed by atoms with Gasteiger partial charge in [0, 0.05) is 6.54 Å². The Morgan fingerprint density at radius 1 is 1.08 bits per heavy atom. The van der Waals surface area contributed by atoms with E-state index in [-0.39, 0.29) is 28.8 Å². The van der Waals surface area contributed by atoms with Crippen LogP contribution in [0.4, 0.5) is 4.39 Å². The number of ether oxygens (including phenoxy) is 1. The molecule has 0 bridgehead atoms. The highest BCUT2D eigenvalue weighted by atomic mass is 32.1. The summed E-state index contributed by atoms with van der Waals surface area (Å²) >= 11 is 5.02. The Hall–Kier alpha value is -3.20. The molecule has 0 saturated carbocycles. The van der Waals surface area contributed by atoms with Gasteiger partial charge < -0.3 is 15.8 Å². The summed E-state index contributed by atoms with van der Waals surface area (Å²) in [5, 5.41) is 3.03. The maximum absolute atomic E-state index is 12.8. The Labute approximate surface area is 154 Å². The number of rotatable bonds is 6. The second-order valence-electron chi connectivity index (χ2n) is 5.13. The molecule has 0 aliphatic carbocycles. The molecule has 2 aromatic rings. The number of amides is 2. The van der Waals surface area contributed by atoms with Gasteiger partial charge in [-0.25, -0.2) is 4.39 Å². The fourth-order valence-electron chi connectivity index (χ4n) is 1.93. The SMILES string of the molecule is NC(=O)c1ccccc1OCC(=O)NNC(=S)NCc1ccc(F)cc1. The van der Waals surface area contributed by atoms with Crippen molar-refractivity contribution in [3.63, 3.8) is 0 Å². The first-order chi connectivity index (χ1) is 12.5. The lowest BCUT2D eigenvalue weighted by Crippen LogP contribution is -2.48. The molecule has 9 heteroatoms. The van der Waals surface area contributed by atoms with Crippen LogP contribution in [0.5, 0.6) is 5.75 Å². The molecule has 136 valence electrons. The maximum Gasteiger partial charge on any atom is 0.276 e. The molecule has 0 atom stereocenters. The van der Waals surface area contributed by atoms with E-state index in [2.05, 4.69) is 16.2 Å². The van der Waals surface area contributed by atoms with Crippen LogP contribution in [-0.2, 0) is 11.3 Å². The quantitative estimate of drug-likeness (QED) is 0.443. The molecular formula is C17H17FN4O3S. The molecule has 0 unspecified atom stereocenters. The zero-order valence-electron chi connectivity index (χ0n) is 13.6. The number of carbonyl (C=O) groups excluding carboxylic acids is 2. The summed E-state index contributed by atoms with van der Waals surface area (Å²) in [6.45, 7) is 0.0301. The molecule has 2 rings (SSSR count). The fourth-order valence-corrected chi connectivity index (χ4v) is 2.05. The van der Waals surface area contributed by atoms with Gasteiger partial charge >= 0.3 is 0 Å². The number of benzene rings is 2. The molecule has 0 heterocycles. The molecule has 26 heavy (non-hydrogen) atoms. The fraction of sp³-hybridized carbons (Fsp3) is 0.118. The Morgan fingerprint density at radius 3 is 2.46 bits per heavy atom. The standard InChI is InChI=1S/C17H17FN4O3S/c18-12-7-5-11(6-8-12)9-20-17(26)22-21-15(23)10-25-14-4-2-1-3-13(14)16(19)24/h1-8H,9-10H2,(H2,19,24)(H,21,23)(H2,20,22,26). The number of carbonyl (C=O) groups is 2. The van der Waals surface area contributed by atoms with Gasteiger partial charge in [-0.3, -0.25) is 20.4 Å². The molecule has 0 fully saturated rings. The van der Waals surface area contributed by atoms with E-state index in [0.717, 1.165) is 5.56 Å². The number of hydrogen-bond acceptors (Lipinski definition) is 4. The van der Waals surface area contributed by atoms with Crippen LogP contribution in [0.2, 0.25) is 0 Å². The van der Waals surface area contributed by atoms with Gasteiger partial charge in [-0.15, -0.1) is 0 Å². The number of thiocarbonyl (C=S) groups is 1. The first-order valence-electron chi connectivity index (χ1n) is 7.54. The van der Waals surface area contributed by atoms with E-state index in [9.17, 15) is 14.0 Å². The van der Waals surface area contributed by atoms with Crippen molar-refractivity contribution in [3.05, 3.63) is 65.5 Å². The predicted molar refractivity (Wildman–Crippen MR) is 97.6 cm³/mol. The van der Waals surface area contributed by atoms with Crippen molar-refractivity contribution in [3.8, 4) is 5.75 Å². The van der Waals surface area contributed by atoms with Gasteiger partial charge in [-0.05, 0) is 42.0 Å². The molecule has 0 aliphatic heterocycles. The van der Waals surface area contributed by atoms with Crippen molar-refractivity contribution in [2.75, 3.05) is 6.61 Å². The third-order valence-corrected chi connectivity index (χ3v) is 3.44. The summed E-state index contributed by atoms with van der Waals surface area (Å²) in [4.78, 5) is 23.0. The van der Waals surface area contributed by atoms with E-state index in [4.69, 9.17) is 22.7 Å². The van der Waals surface area contributed by atoms with Crippen molar-refractivity contribution in [1.29, 1.82) is 0 Å². The lowest BCUT2D eigenvalue weighted by atomic mass is 10.2. The Balaban J connectivity index is 1.72. The number of hydrazine groups is 1. The predicted octanol–water partition coefficient (Wildman–Crippen LogP) is 0.999. The van der Waals surface area contributed by atoms with Crippen LogP contribution in [0.15, 0.2) is 48.5 Å². The zero-order valence-corrected chi connectivity index (χ0v) is 14.4.